The van der Waals surface area contributed by atoms with Crippen LogP contribution in [0.1, 0.15) is 6.42 Å². The highest BCUT2D eigenvalue weighted by Gasteiger charge is 2.17. The number of hydrogen-bond acceptors (Lipinski definition) is 7. The van der Waals surface area contributed by atoms with Gasteiger partial charge in [0.05, 0.1) is 26.0 Å². The largest absolute Gasteiger partial charge is 0.507 e. The third-order valence-corrected chi connectivity index (χ3v) is 4.33. The van der Waals surface area contributed by atoms with Gasteiger partial charge in [0, 0.05) is 29.8 Å². The molecule has 0 bridgehead atoms. The molecular formula is C20H19N3O4. The molecule has 0 unspecified atom stereocenters. The minimum Gasteiger partial charge on any atom is -0.507 e. The minimum absolute atomic E-state index is 0.0445. The molecule has 7 nitrogen and oxygen atoms in total. The topological polar surface area (TPSA) is 99.7 Å². The first kappa shape index (κ1) is 17.0. The number of nitrogens with zero attached hydrogens (tertiary/aromatic N) is 2. The van der Waals surface area contributed by atoms with Gasteiger partial charge < -0.3 is 25.1 Å². The maximum Gasteiger partial charge on any atom is 0.220 e. The summed E-state index contributed by atoms with van der Waals surface area (Å²) < 4.78 is 16.6. The number of anilines is 1. The van der Waals surface area contributed by atoms with Crippen LogP contribution in [-0.2, 0) is 0 Å². The molecule has 0 aliphatic carbocycles. The van der Waals surface area contributed by atoms with E-state index in [4.69, 9.17) is 19.9 Å². The van der Waals surface area contributed by atoms with Crippen LogP contribution >= 0.6 is 0 Å². The van der Waals surface area contributed by atoms with Gasteiger partial charge in [0.1, 0.15) is 11.5 Å². The number of fused-ring (bicyclic) bond motifs is 1. The number of nitrogen functional groups attached to an aromatic ring is 1. The highest BCUT2D eigenvalue weighted by molar-refractivity contribution is 5.84. The van der Waals surface area contributed by atoms with Gasteiger partial charge in [0.2, 0.25) is 5.95 Å². The highest BCUT2D eigenvalue weighted by Crippen LogP contribution is 2.40. The second-order valence-corrected chi connectivity index (χ2v) is 6.09. The molecule has 4 rings (SSSR count). The molecule has 1 aliphatic heterocycles. The number of ether oxygens (including phenoxy) is 3. The van der Waals surface area contributed by atoms with Crippen molar-refractivity contribution < 1.29 is 19.3 Å². The van der Waals surface area contributed by atoms with Gasteiger partial charge in [-0.1, -0.05) is 6.07 Å². The third kappa shape index (κ3) is 3.31. The molecule has 3 N–H and O–H groups in total. The Kier molecular flexibility index (Phi) is 4.42. The molecule has 0 saturated carbocycles. The van der Waals surface area contributed by atoms with E-state index in [9.17, 15) is 5.11 Å². The summed E-state index contributed by atoms with van der Waals surface area (Å²) in [5, 5.41) is 10.4. The predicted molar refractivity (Wildman–Crippen MR) is 101 cm³/mol. The molecule has 2 heterocycles. The number of nitrogens with two attached hydrogens (primary N) is 1. The monoisotopic (exact) mass is 365 g/mol. The lowest BCUT2D eigenvalue weighted by Crippen LogP contribution is -1.99. The molecular weight excluding hydrogens is 346 g/mol. The fourth-order valence-electron chi connectivity index (χ4n) is 2.98. The number of methoxy groups -OCH3 is 1. The standard InChI is InChI=1S/C20H19N3O4/c1-25-13-4-5-14(16(24)10-13)19-15(11-22-20(21)23-19)12-3-6-17-18(9-12)27-8-2-7-26-17/h3-6,9-11,24H,2,7-8H2,1H3,(H2,21,22,23). The Bertz CT molecular complexity index is 991. The summed E-state index contributed by atoms with van der Waals surface area (Å²) in [4.78, 5) is 8.48. The molecule has 1 aromatic heterocycles. The fourth-order valence-corrected chi connectivity index (χ4v) is 2.98. The van der Waals surface area contributed by atoms with Gasteiger partial charge >= 0.3 is 0 Å². The maximum atomic E-state index is 10.4. The number of rotatable bonds is 3. The summed E-state index contributed by atoms with van der Waals surface area (Å²) in [6, 6.07) is 10.7. The van der Waals surface area contributed by atoms with Crippen LogP contribution in [0.15, 0.2) is 42.6 Å². The van der Waals surface area contributed by atoms with Crippen molar-refractivity contribution in [2.75, 3.05) is 26.1 Å². The first-order chi connectivity index (χ1) is 13.2. The second-order valence-electron chi connectivity index (χ2n) is 6.09. The Balaban J connectivity index is 1.84. The van der Waals surface area contributed by atoms with Crippen LogP contribution in [0.2, 0.25) is 0 Å². The summed E-state index contributed by atoms with van der Waals surface area (Å²) in [5.41, 5.74) is 8.43. The van der Waals surface area contributed by atoms with E-state index in [0.29, 0.717) is 41.7 Å². The zero-order valence-corrected chi connectivity index (χ0v) is 14.8. The summed E-state index contributed by atoms with van der Waals surface area (Å²) >= 11 is 0. The van der Waals surface area contributed by atoms with Crippen molar-refractivity contribution in [1.29, 1.82) is 0 Å². The van der Waals surface area contributed by atoms with Gasteiger partial charge in [-0.05, 0) is 29.8 Å². The van der Waals surface area contributed by atoms with Crippen LogP contribution in [0.5, 0.6) is 23.0 Å². The van der Waals surface area contributed by atoms with Gasteiger partial charge in [-0.3, -0.25) is 0 Å². The number of hydrogen-bond donors (Lipinski definition) is 2. The summed E-state index contributed by atoms with van der Waals surface area (Å²) in [6.45, 7) is 1.23. The van der Waals surface area contributed by atoms with E-state index in [1.165, 1.54) is 6.07 Å². The smallest absolute Gasteiger partial charge is 0.220 e. The Morgan fingerprint density at radius 3 is 2.63 bits per heavy atom. The van der Waals surface area contributed by atoms with Crippen LogP contribution in [0, 0.1) is 0 Å². The van der Waals surface area contributed by atoms with Crippen molar-refractivity contribution in [3.8, 4) is 45.4 Å². The highest BCUT2D eigenvalue weighted by atomic mass is 16.5. The molecule has 7 heteroatoms. The summed E-state index contributed by atoms with van der Waals surface area (Å²) in [7, 11) is 1.54. The van der Waals surface area contributed by atoms with Crippen LogP contribution in [0.4, 0.5) is 5.95 Å². The lowest BCUT2D eigenvalue weighted by Gasteiger charge is -2.13. The van der Waals surface area contributed by atoms with Gasteiger partial charge in [-0.15, -0.1) is 0 Å². The zero-order chi connectivity index (χ0) is 18.8. The Labute approximate surface area is 156 Å². The quantitative estimate of drug-likeness (QED) is 0.735. The van der Waals surface area contributed by atoms with Crippen LogP contribution in [-0.4, -0.2) is 35.4 Å². The molecule has 0 saturated heterocycles. The van der Waals surface area contributed by atoms with E-state index in [0.717, 1.165) is 17.5 Å². The van der Waals surface area contributed by atoms with Crippen LogP contribution < -0.4 is 19.9 Å². The minimum atomic E-state index is 0.0445. The molecule has 0 fully saturated rings. The Morgan fingerprint density at radius 1 is 1.04 bits per heavy atom. The van der Waals surface area contributed by atoms with Crippen molar-refractivity contribution >= 4 is 5.95 Å². The van der Waals surface area contributed by atoms with Crippen molar-refractivity contribution in [2.45, 2.75) is 6.42 Å². The number of aromatic hydroxyl groups is 1. The third-order valence-electron chi connectivity index (χ3n) is 4.33. The van der Waals surface area contributed by atoms with E-state index in [-0.39, 0.29) is 11.7 Å². The maximum absolute atomic E-state index is 10.4. The van der Waals surface area contributed by atoms with Gasteiger partial charge in [-0.25, -0.2) is 9.97 Å². The number of phenols is 1. The van der Waals surface area contributed by atoms with Crippen molar-refractivity contribution in [1.82, 2.24) is 9.97 Å². The first-order valence-electron chi connectivity index (χ1n) is 8.55. The number of benzene rings is 2. The average Bonchev–Trinajstić information content (AvgIpc) is 2.92. The van der Waals surface area contributed by atoms with Crippen LogP contribution in [0.3, 0.4) is 0 Å². The normalized spacial score (nSPS) is 13.1. The predicted octanol–water partition coefficient (Wildman–Crippen LogP) is 3.27. The van der Waals surface area contributed by atoms with E-state index in [1.807, 2.05) is 18.2 Å². The number of aromatic nitrogens is 2. The van der Waals surface area contributed by atoms with Gasteiger partial charge in [0.25, 0.3) is 0 Å². The fraction of sp³-hybridized carbons (Fsp3) is 0.200. The molecule has 3 aromatic rings. The lowest BCUT2D eigenvalue weighted by atomic mass is 9.99. The molecule has 0 atom stereocenters. The van der Waals surface area contributed by atoms with Crippen molar-refractivity contribution in [2.24, 2.45) is 0 Å². The SMILES string of the molecule is COc1ccc(-c2nc(N)ncc2-c2ccc3c(c2)OCCCO3)c(O)c1. The molecule has 0 amide bonds. The van der Waals surface area contributed by atoms with E-state index >= 15 is 0 Å². The first-order valence-corrected chi connectivity index (χ1v) is 8.55. The lowest BCUT2D eigenvalue weighted by molar-refractivity contribution is 0.297. The molecule has 0 spiro atoms. The molecule has 27 heavy (non-hydrogen) atoms. The Morgan fingerprint density at radius 2 is 1.85 bits per heavy atom. The second kappa shape index (κ2) is 7.03. The molecule has 1 aliphatic rings. The average molecular weight is 365 g/mol. The van der Waals surface area contributed by atoms with Crippen molar-refractivity contribution in [3.05, 3.63) is 42.6 Å². The summed E-state index contributed by atoms with van der Waals surface area (Å²) in [5.74, 6) is 2.10. The van der Waals surface area contributed by atoms with Crippen LogP contribution in [0.25, 0.3) is 22.4 Å². The van der Waals surface area contributed by atoms with Crippen molar-refractivity contribution in [3.63, 3.8) is 0 Å². The molecule has 138 valence electrons. The van der Waals surface area contributed by atoms with E-state index < -0.39 is 0 Å². The Hall–Kier alpha value is -3.48. The number of phenolic OH excluding ortho intramolecular Hbond substituents is 1. The van der Waals surface area contributed by atoms with E-state index in [2.05, 4.69) is 9.97 Å². The molecule has 0 radical (unpaired) electrons. The zero-order valence-electron chi connectivity index (χ0n) is 14.8. The molecule has 2 aromatic carbocycles. The van der Waals surface area contributed by atoms with Gasteiger partial charge in [-0.2, -0.15) is 0 Å². The van der Waals surface area contributed by atoms with E-state index in [1.54, 1.807) is 25.4 Å². The van der Waals surface area contributed by atoms with Gasteiger partial charge in [0.15, 0.2) is 11.5 Å². The summed E-state index contributed by atoms with van der Waals surface area (Å²) in [6.07, 6.45) is 2.47.